The lowest BCUT2D eigenvalue weighted by molar-refractivity contribution is 0.127. The molecule has 3 atom stereocenters. The molecular formula is C15H18OS. The minimum absolute atomic E-state index is 0.0788. The number of fused-ring (bicyclic) bond motifs is 1. The second-order valence-corrected chi connectivity index (χ2v) is 6.14. The van der Waals surface area contributed by atoms with E-state index in [9.17, 15) is 5.11 Å². The summed E-state index contributed by atoms with van der Waals surface area (Å²) in [6.07, 6.45) is 3.20. The van der Waals surface area contributed by atoms with E-state index in [0.717, 1.165) is 12.8 Å². The van der Waals surface area contributed by atoms with E-state index in [0.29, 0.717) is 11.8 Å². The second kappa shape index (κ2) is 4.43. The summed E-state index contributed by atoms with van der Waals surface area (Å²) in [6.45, 7) is 2.19. The maximum Gasteiger partial charge on any atom is 0.0568 e. The van der Waals surface area contributed by atoms with Gasteiger partial charge in [0.05, 0.1) is 6.10 Å². The van der Waals surface area contributed by atoms with Gasteiger partial charge < -0.3 is 5.11 Å². The predicted molar refractivity (Wildman–Crippen MR) is 73.4 cm³/mol. The fourth-order valence-corrected chi connectivity index (χ4v) is 3.96. The summed E-state index contributed by atoms with van der Waals surface area (Å²) in [5, 5.41) is 13.5. The lowest BCUT2D eigenvalue weighted by atomic mass is 9.90. The van der Waals surface area contributed by atoms with Crippen molar-refractivity contribution in [2.24, 2.45) is 11.8 Å². The third kappa shape index (κ3) is 2.00. The first-order valence-electron chi connectivity index (χ1n) is 6.39. The summed E-state index contributed by atoms with van der Waals surface area (Å²) in [7, 11) is 0. The van der Waals surface area contributed by atoms with Crippen LogP contribution in [0, 0.1) is 11.8 Å². The van der Waals surface area contributed by atoms with E-state index in [4.69, 9.17) is 0 Å². The van der Waals surface area contributed by atoms with Gasteiger partial charge in [-0.1, -0.05) is 25.1 Å². The fraction of sp³-hybridized carbons (Fsp3) is 0.467. The van der Waals surface area contributed by atoms with Crippen LogP contribution in [0.3, 0.4) is 0 Å². The molecule has 2 heteroatoms. The molecule has 0 amide bonds. The summed E-state index contributed by atoms with van der Waals surface area (Å²) in [5.74, 6) is 1.11. The highest BCUT2D eigenvalue weighted by Crippen LogP contribution is 2.36. The molecule has 1 aliphatic rings. The van der Waals surface area contributed by atoms with E-state index < -0.39 is 0 Å². The summed E-state index contributed by atoms with van der Waals surface area (Å²) in [6, 6.07) is 8.63. The molecule has 1 saturated carbocycles. The van der Waals surface area contributed by atoms with Gasteiger partial charge in [0.2, 0.25) is 0 Å². The first-order chi connectivity index (χ1) is 8.25. The second-order valence-electron chi connectivity index (χ2n) is 5.23. The Kier molecular flexibility index (Phi) is 2.93. The van der Waals surface area contributed by atoms with Gasteiger partial charge in [-0.3, -0.25) is 0 Å². The van der Waals surface area contributed by atoms with Crippen LogP contribution in [0.1, 0.15) is 25.3 Å². The zero-order chi connectivity index (χ0) is 11.8. The molecule has 0 aliphatic heterocycles. The van der Waals surface area contributed by atoms with Crippen LogP contribution < -0.4 is 0 Å². The van der Waals surface area contributed by atoms with Gasteiger partial charge in [0, 0.05) is 4.70 Å². The molecule has 1 fully saturated rings. The normalized spacial score (nSPS) is 28.9. The van der Waals surface area contributed by atoms with Crippen molar-refractivity contribution in [3.63, 3.8) is 0 Å². The Balaban J connectivity index is 1.86. The molecule has 1 aliphatic carbocycles. The first kappa shape index (κ1) is 11.2. The molecule has 17 heavy (non-hydrogen) atoms. The van der Waals surface area contributed by atoms with Gasteiger partial charge >= 0.3 is 0 Å². The fourth-order valence-electron chi connectivity index (χ4n) is 2.99. The molecule has 3 rings (SSSR count). The topological polar surface area (TPSA) is 20.2 Å². The third-order valence-corrected chi connectivity index (χ3v) is 5.24. The zero-order valence-corrected chi connectivity index (χ0v) is 10.9. The number of aliphatic hydroxyl groups is 1. The molecular weight excluding hydrogens is 228 g/mol. The average Bonchev–Trinajstić information content (AvgIpc) is 2.89. The summed E-state index contributed by atoms with van der Waals surface area (Å²) >= 11 is 1.84. The van der Waals surface area contributed by atoms with Gasteiger partial charge in [-0.05, 0) is 53.5 Å². The highest BCUT2D eigenvalue weighted by Gasteiger charge is 2.31. The Labute approximate surface area is 106 Å². The van der Waals surface area contributed by atoms with Crippen molar-refractivity contribution in [3.8, 4) is 0 Å². The van der Waals surface area contributed by atoms with Gasteiger partial charge in [-0.2, -0.15) is 0 Å². The summed E-state index contributed by atoms with van der Waals surface area (Å²) in [4.78, 5) is 0. The van der Waals surface area contributed by atoms with Gasteiger partial charge in [0.1, 0.15) is 0 Å². The van der Waals surface area contributed by atoms with Crippen LogP contribution in [0.15, 0.2) is 29.6 Å². The maximum atomic E-state index is 9.81. The van der Waals surface area contributed by atoms with E-state index in [2.05, 4.69) is 36.6 Å². The van der Waals surface area contributed by atoms with Gasteiger partial charge in [0.25, 0.3) is 0 Å². The number of aliphatic hydroxyl groups excluding tert-OH is 1. The van der Waals surface area contributed by atoms with Crippen molar-refractivity contribution in [1.29, 1.82) is 0 Å². The van der Waals surface area contributed by atoms with Crippen LogP contribution in [0.4, 0.5) is 0 Å². The molecule has 0 radical (unpaired) electrons. The molecule has 1 nitrogen and oxygen atoms in total. The Hall–Kier alpha value is -0.860. The van der Waals surface area contributed by atoms with E-state index in [1.54, 1.807) is 0 Å². The molecule has 1 heterocycles. The highest BCUT2D eigenvalue weighted by atomic mass is 32.1. The largest absolute Gasteiger partial charge is 0.393 e. The van der Waals surface area contributed by atoms with Crippen LogP contribution in [-0.2, 0) is 6.42 Å². The summed E-state index contributed by atoms with van der Waals surface area (Å²) < 4.78 is 1.38. The molecule has 1 N–H and O–H groups in total. The molecule has 0 bridgehead atoms. The number of rotatable bonds is 2. The number of hydrogen-bond donors (Lipinski definition) is 1. The Morgan fingerprint density at radius 2 is 2.12 bits per heavy atom. The first-order valence-corrected chi connectivity index (χ1v) is 7.27. The predicted octanol–water partition coefficient (Wildman–Crippen LogP) is 3.85. The van der Waals surface area contributed by atoms with Crippen LogP contribution in [0.2, 0.25) is 0 Å². The van der Waals surface area contributed by atoms with Crippen LogP contribution in [-0.4, -0.2) is 11.2 Å². The van der Waals surface area contributed by atoms with Crippen molar-refractivity contribution < 1.29 is 5.11 Å². The lowest BCUT2D eigenvalue weighted by Crippen LogP contribution is -2.16. The Morgan fingerprint density at radius 3 is 2.88 bits per heavy atom. The SMILES string of the molecule is CC1C(O)CCC1Cc1csc2ccccc12. The van der Waals surface area contributed by atoms with Crippen molar-refractivity contribution in [2.75, 3.05) is 0 Å². The molecule has 3 unspecified atom stereocenters. The quantitative estimate of drug-likeness (QED) is 0.853. The van der Waals surface area contributed by atoms with Crippen LogP contribution in [0.25, 0.3) is 10.1 Å². The number of hydrogen-bond acceptors (Lipinski definition) is 2. The average molecular weight is 246 g/mol. The van der Waals surface area contributed by atoms with Crippen molar-refractivity contribution in [2.45, 2.75) is 32.3 Å². The molecule has 0 spiro atoms. The standard InChI is InChI=1S/C15H18OS/c1-10-11(6-7-14(10)16)8-12-9-17-15-5-3-2-4-13(12)15/h2-5,9-11,14,16H,6-8H2,1H3. The zero-order valence-electron chi connectivity index (χ0n) is 10.1. The van der Waals surface area contributed by atoms with E-state index in [1.807, 2.05) is 11.3 Å². The molecule has 90 valence electrons. The van der Waals surface area contributed by atoms with Crippen molar-refractivity contribution in [3.05, 3.63) is 35.2 Å². The lowest BCUT2D eigenvalue weighted by Gasteiger charge is -2.16. The van der Waals surface area contributed by atoms with E-state index in [1.165, 1.54) is 22.1 Å². The minimum atomic E-state index is -0.0788. The Morgan fingerprint density at radius 1 is 1.29 bits per heavy atom. The number of benzene rings is 1. The molecule has 2 aromatic rings. The molecule has 1 aromatic heterocycles. The molecule has 0 saturated heterocycles. The van der Waals surface area contributed by atoms with Gasteiger partial charge in [-0.15, -0.1) is 11.3 Å². The van der Waals surface area contributed by atoms with Crippen molar-refractivity contribution in [1.82, 2.24) is 0 Å². The van der Waals surface area contributed by atoms with Crippen molar-refractivity contribution >= 4 is 21.4 Å². The number of thiophene rings is 1. The minimum Gasteiger partial charge on any atom is -0.393 e. The van der Waals surface area contributed by atoms with Crippen LogP contribution in [0.5, 0.6) is 0 Å². The highest BCUT2D eigenvalue weighted by molar-refractivity contribution is 7.17. The smallest absolute Gasteiger partial charge is 0.0568 e. The van der Waals surface area contributed by atoms with Crippen LogP contribution >= 0.6 is 11.3 Å². The molecule has 1 aromatic carbocycles. The van der Waals surface area contributed by atoms with E-state index in [-0.39, 0.29) is 6.10 Å². The monoisotopic (exact) mass is 246 g/mol. The van der Waals surface area contributed by atoms with E-state index >= 15 is 0 Å². The summed E-state index contributed by atoms with van der Waals surface area (Å²) in [5.41, 5.74) is 1.47. The maximum absolute atomic E-state index is 9.81. The van der Waals surface area contributed by atoms with Gasteiger partial charge in [0.15, 0.2) is 0 Å². The van der Waals surface area contributed by atoms with Gasteiger partial charge in [-0.25, -0.2) is 0 Å². The Bertz CT molecular complexity index is 516. The third-order valence-electron chi connectivity index (χ3n) is 4.23.